The van der Waals surface area contributed by atoms with E-state index in [0.717, 1.165) is 28.8 Å². The van der Waals surface area contributed by atoms with Crippen LogP contribution in [-0.4, -0.2) is 40.2 Å². The molecule has 0 spiro atoms. The average Bonchev–Trinajstić information content (AvgIpc) is 3.34. The lowest BCUT2D eigenvalue weighted by atomic mass is 10.1. The zero-order valence-corrected chi connectivity index (χ0v) is 15.6. The van der Waals surface area contributed by atoms with Gasteiger partial charge in [0.2, 0.25) is 0 Å². The van der Waals surface area contributed by atoms with Crippen LogP contribution in [-0.2, 0) is 0 Å². The van der Waals surface area contributed by atoms with Gasteiger partial charge in [-0.1, -0.05) is 6.07 Å². The molecule has 1 aliphatic heterocycles. The molecule has 1 fully saturated rings. The summed E-state index contributed by atoms with van der Waals surface area (Å²) in [6, 6.07) is 7.61. The molecule has 6 nitrogen and oxygen atoms in total. The molecular formula is C18H18N4O2S2. The number of carbonyl (C=O) groups excluding carboxylic acids is 1. The van der Waals surface area contributed by atoms with Crippen LogP contribution in [0.3, 0.4) is 0 Å². The summed E-state index contributed by atoms with van der Waals surface area (Å²) in [6.07, 6.45) is 2.88. The molecule has 0 unspecified atom stereocenters. The molecule has 1 saturated heterocycles. The Kier molecular flexibility index (Phi) is 4.96. The van der Waals surface area contributed by atoms with Gasteiger partial charge >= 0.3 is 0 Å². The molecule has 134 valence electrons. The van der Waals surface area contributed by atoms with Crippen molar-refractivity contribution in [2.75, 3.05) is 23.3 Å². The van der Waals surface area contributed by atoms with Gasteiger partial charge in [0.15, 0.2) is 5.82 Å². The van der Waals surface area contributed by atoms with Crippen molar-refractivity contribution >= 4 is 40.1 Å². The molecule has 2 N–H and O–H groups in total. The number of anilines is 2. The van der Waals surface area contributed by atoms with Gasteiger partial charge in [-0.05, 0) is 36.4 Å². The number of piperidine rings is 1. The number of hydrogen-bond donors (Lipinski definition) is 2. The van der Waals surface area contributed by atoms with E-state index >= 15 is 0 Å². The number of nitrogens with zero attached hydrogens (tertiary/aromatic N) is 3. The van der Waals surface area contributed by atoms with Crippen LogP contribution in [0.25, 0.3) is 9.88 Å². The molecule has 0 atom stereocenters. The minimum absolute atomic E-state index is 0.240. The summed E-state index contributed by atoms with van der Waals surface area (Å²) < 4.78 is 0. The maximum Gasteiger partial charge on any atom is 0.275 e. The van der Waals surface area contributed by atoms with E-state index in [0.29, 0.717) is 24.2 Å². The number of aromatic nitrogens is 2. The molecule has 3 aromatic heterocycles. The van der Waals surface area contributed by atoms with Crippen molar-refractivity contribution in [2.45, 2.75) is 18.9 Å². The lowest BCUT2D eigenvalue weighted by Crippen LogP contribution is -2.36. The van der Waals surface area contributed by atoms with E-state index in [9.17, 15) is 9.90 Å². The average molecular weight is 387 g/mol. The third-order valence-corrected chi connectivity index (χ3v) is 6.15. The Morgan fingerprint density at radius 1 is 1.23 bits per heavy atom. The molecule has 4 rings (SSSR count). The number of thiazole rings is 1. The van der Waals surface area contributed by atoms with Crippen molar-refractivity contribution in [3.05, 3.63) is 46.9 Å². The van der Waals surface area contributed by atoms with Crippen molar-refractivity contribution < 1.29 is 9.90 Å². The molecule has 3 aromatic rings. The minimum Gasteiger partial charge on any atom is -0.393 e. The summed E-state index contributed by atoms with van der Waals surface area (Å²) in [7, 11) is 0. The van der Waals surface area contributed by atoms with E-state index in [4.69, 9.17) is 0 Å². The SMILES string of the molecule is O=C(Nc1cccnc1N1CCC(O)CC1)c1csc(-c2cccs2)n1. The first kappa shape index (κ1) is 17.1. The van der Waals surface area contributed by atoms with E-state index in [1.807, 2.05) is 23.6 Å². The Morgan fingerprint density at radius 3 is 2.85 bits per heavy atom. The number of amides is 1. The third kappa shape index (κ3) is 3.62. The fourth-order valence-electron chi connectivity index (χ4n) is 2.90. The number of nitrogens with one attached hydrogen (secondary N) is 1. The van der Waals surface area contributed by atoms with Crippen molar-refractivity contribution in [1.82, 2.24) is 9.97 Å². The second-order valence-electron chi connectivity index (χ2n) is 6.06. The van der Waals surface area contributed by atoms with E-state index in [2.05, 4.69) is 20.2 Å². The standard InChI is InChI=1S/C18H18N4O2S2/c23-12-5-8-22(9-6-12)16-13(3-1-7-19-16)20-17(24)14-11-26-18(21-14)15-4-2-10-25-15/h1-4,7,10-12,23H,5-6,8-9H2,(H,20,24). The highest BCUT2D eigenvalue weighted by molar-refractivity contribution is 7.20. The van der Waals surface area contributed by atoms with Crippen LogP contribution in [0.15, 0.2) is 41.2 Å². The van der Waals surface area contributed by atoms with Crippen LogP contribution in [0.2, 0.25) is 0 Å². The van der Waals surface area contributed by atoms with Crippen LogP contribution >= 0.6 is 22.7 Å². The molecule has 1 amide bonds. The Hall–Kier alpha value is -2.29. The van der Waals surface area contributed by atoms with Gasteiger partial charge in [0.25, 0.3) is 5.91 Å². The molecule has 0 saturated carbocycles. The summed E-state index contributed by atoms with van der Waals surface area (Å²) in [4.78, 5) is 24.7. The van der Waals surface area contributed by atoms with Crippen molar-refractivity contribution in [1.29, 1.82) is 0 Å². The smallest absolute Gasteiger partial charge is 0.275 e. The molecule has 0 radical (unpaired) electrons. The van der Waals surface area contributed by atoms with E-state index < -0.39 is 0 Å². The van der Waals surface area contributed by atoms with Gasteiger partial charge in [-0.15, -0.1) is 22.7 Å². The van der Waals surface area contributed by atoms with Gasteiger partial charge in [-0.2, -0.15) is 0 Å². The maximum atomic E-state index is 12.6. The lowest BCUT2D eigenvalue weighted by Gasteiger charge is -2.31. The molecule has 0 aliphatic carbocycles. The monoisotopic (exact) mass is 386 g/mol. The number of aliphatic hydroxyl groups is 1. The molecule has 8 heteroatoms. The number of carbonyl (C=O) groups is 1. The normalized spacial score (nSPS) is 15.2. The Bertz CT molecular complexity index is 886. The predicted molar refractivity (Wildman–Crippen MR) is 105 cm³/mol. The zero-order valence-electron chi connectivity index (χ0n) is 14.0. The number of aliphatic hydroxyl groups excluding tert-OH is 1. The summed E-state index contributed by atoms with van der Waals surface area (Å²) in [5.74, 6) is 0.497. The van der Waals surface area contributed by atoms with Gasteiger partial charge < -0.3 is 15.3 Å². The fourth-order valence-corrected chi connectivity index (χ4v) is 4.52. The lowest BCUT2D eigenvalue weighted by molar-refractivity contribution is 0.102. The maximum absolute atomic E-state index is 12.6. The van der Waals surface area contributed by atoms with Crippen LogP contribution < -0.4 is 10.2 Å². The first-order valence-electron chi connectivity index (χ1n) is 8.39. The highest BCUT2D eigenvalue weighted by Gasteiger charge is 2.21. The Balaban J connectivity index is 1.51. The Morgan fingerprint density at radius 2 is 2.08 bits per heavy atom. The number of rotatable bonds is 4. The highest BCUT2D eigenvalue weighted by Crippen LogP contribution is 2.29. The third-order valence-electron chi connectivity index (χ3n) is 4.27. The summed E-state index contributed by atoms with van der Waals surface area (Å²) >= 11 is 3.07. The van der Waals surface area contributed by atoms with Gasteiger partial charge in [0.1, 0.15) is 10.7 Å². The molecule has 1 aliphatic rings. The van der Waals surface area contributed by atoms with Gasteiger partial charge in [0, 0.05) is 24.7 Å². The van der Waals surface area contributed by atoms with Crippen LogP contribution in [0.5, 0.6) is 0 Å². The second-order valence-corrected chi connectivity index (χ2v) is 7.87. The van der Waals surface area contributed by atoms with Gasteiger partial charge in [-0.25, -0.2) is 9.97 Å². The van der Waals surface area contributed by atoms with Crippen molar-refractivity contribution in [2.24, 2.45) is 0 Å². The van der Waals surface area contributed by atoms with Crippen LogP contribution in [0.1, 0.15) is 23.3 Å². The summed E-state index contributed by atoms with van der Waals surface area (Å²) in [5.41, 5.74) is 1.07. The molecular weight excluding hydrogens is 368 g/mol. The van der Waals surface area contributed by atoms with Gasteiger partial charge in [0.05, 0.1) is 16.7 Å². The molecule has 4 heterocycles. The summed E-state index contributed by atoms with van der Waals surface area (Å²) in [6.45, 7) is 1.44. The van der Waals surface area contributed by atoms with Crippen LogP contribution in [0.4, 0.5) is 11.5 Å². The predicted octanol–water partition coefficient (Wildman–Crippen LogP) is 3.48. The molecule has 26 heavy (non-hydrogen) atoms. The quantitative estimate of drug-likeness (QED) is 0.718. The zero-order chi connectivity index (χ0) is 17.9. The molecule has 0 aromatic carbocycles. The van der Waals surface area contributed by atoms with E-state index in [1.54, 1.807) is 29.0 Å². The minimum atomic E-state index is -0.251. The topological polar surface area (TPSA) is 78.4 Å². The Labute approximate surface area is 159 Å². The fraction of sp³-hybridized carbons (Fsp3) is 0.278. The number of hydrogen-bond acceptors (Lipinski definition) is 7. The summed E-state index contributed by atoms with van der Waals surface area (Å²) in [5, 5.41) is 17.2. The number of pyridine rings is 1. The van der Waals surface area contributed by atoms with Crippen molar-refractivity contribution in [3.8, 4) is 9.88 Å². The van der Waals surface area contributed by atoms with E-state index in [1.165, 1.54) is 11.3 Å². The highest BCUT2D eigenvalue weighted by atomic mass is 32.1. The number of thiophene rings is 1. The van der Waals surface area contributed by atoms with Gasteiger partial charge in [-0.3, -0.25) is 4.79 Å². The first-order valence-corrected chi connectivity index (χ1v) is 10.2. The first-order chi connectivity index (χ1) is 12.7. The largest absolute Gasteiger partial charge is 0.393 e. The van der Waals surface area contributed by atoms with E-state index in [-0.39, 0.29) is 12.0 Å². The molecule has 0 bridgehead atoms. The van der Waals surface area contributed by atoms with Crippen molar-refractivity contribution in [3.63, 3.8) is 0 Å². The van der Waals surface area contributed by atoms with Crippen LogP contribution in [0, 0.1) is 0 Å². The second kappa shape index (κ2) is 7.53.